The van der Waals surface area contributed by atoms with Gasteiger partial charge in [-0.05, 0) is 37.8 Å². The van der Waals surface area contributed by atoms with Crippen molar-refractivity contribution >= 4 is 17.8 Å². The molecule has 0 bridgehead atoms. The molecule has 152 valence electrons. The molecule has 1 N–H and O–H groups in total. The lowest BCUT2D eigenvalue weighted by Crippen LogP contribution is -2.49. The molecule has 1 aromatic rings. The van der Waals surface area contributed by atoms with Crippen LogP contribution in [0.3, 0.4) is 0 Å². The van der Waals surface area contributed by atoms with E-state index in [1.165, 1.54) is 28.0 Å². The Morgan fingerprint density at radius 3 is 2.54 bits per heavy atom. The van der Waals surface area contributed by atoms with Gasteiger partial charge in [-0.3, -0.25) is 9.59 Å². The normalized spacial score (nSPS) is 22.4. The highest BCUT2D eigenvalue weighted by Gasteiger charge is 2.39. The monoisotopic (exact) mass is 396 g/mol. The predicted molar refractivity (Wildman–Crippen MR) is 94.1 cm³/mol. The summed E-state index contributed by atoms with van der Waals surface area (Å²) in [6.45, 7) is -2.13. The number of ether oxygens (including phenoxy) is 1. The number of benzene rings is 1. The van der Waals surface area contributed by atoms with Gasteiger partial charge < -0.3 is 19.6 Å². The van der Waals surface area contributed by atoms with Crippen molar-refractivity contribution in [2.24, 2.45) is 5.92 Å². The minimum Gasteiger partial charge on any atom is -0.480 e. The van der Waals surface area contributed by atoms with Crippen LogP contribution in [0.2, 0.25) is 0 Å². The van der Waals surface area contributed by atoms with E-state index in [0.29, 0.717) is 38.8 Å². The fraction of sp³-hybridized carbons (Fsp3) is 0.526. The van der Waals surface area contributed by atoms with Gasteiger partial charge >= 0.3 is 12.6 Å². The minimum absolute atomic E-state index is 0.0143. The van der Waals surface area contributed by atoms with E-state index >= 15 is 0 Å². The fourth-order valence-corrected chi connectivity index (χ4v) is 3.90. The Balaban J connectivity index is 1.72. The van der Waals surface area contributed by atoms with Crippen LogP contribution in [0.5, 0.6) is 5.75 Å². The summed E-state index contributed by atoms with van der Waals surface area (Å²) in [5, 5.41) is 9.29. The van der Waals surface area contributed by atoms with Gasteiger partial charge in [0.1, 0.15) is 11.8 Å². The van der Waals surface area contributed by atoms with Crippen LogP contribution >= 0.6 is 0 Å². The summed E-state index contributed by atoms with van der Waals surface area (Å²) in [6.07, 6.45) is 2.19. The second kappa shape index (κ2) is 8.53. The number of carbonyl (C=O) groups excluding carboxylic acids is 2. The smallest absolute Gasteiger partial charge is 0.387 e. The molecule has 0 radical (unpaired) electrons. The highest BCUT2D eigenvalue weighted by Crippen LogP contribution is 2.28. The van der Waals surface area contributed by atoms with Crippen LogP contribution in [0.15, 0.2) is 24.3 Å². The van der Waals surface area contributed by atoms with Crippen molar-refractivity contribution in [3.8, 4) is 5.75 Å². The van der Waals surface area contributed by atoms with Gasteiger partial charge in [-0.15, -0.1) is 0 Å². The molecule has 0 aliphatic carbocycles. The minimum atomic E-state index is -3.05. The molecule has 0 spiro atoms. The number of nitrogens with zero attached hydrogens (tertiary/aromatic N) is 2. The van der Waals surface area contributed by atoms with Gasteiger partial charge in [0.2, 0.25) is 5.91 Å². The number of para-hydroxylation sites is 1. The van der Waals surface area contributed by atoms with E-state index in [9.17, 15) is 28.3 Å². The summed E-state index contributed by atoms with van der Waals surface area (Å²) in [5.74, 6) is -2.47. The Kier molecular flexibility index (Phi) is 6.11. The number of amides is 2. The number of carboxylic acid groups (broad SMARTS) is 1. The first-order valence-electron chi connectivity index (χ1n) is 9.25. The number of aliphatic carboxylic acids is 1. The topological polar surface area (TPSA) is 87.2 Å². The molecule has 3 rings (SSSR count). The highest BCUT2D eigenvalue weighted by atomic mass is 19.3. The van der Waals surface area contributed by atoms with Crippen LogP contribution < -0.4 is 4.74 Å². The first-order chi connectivity index (χ1) is 13.4. The quantitative estimate of drug-likeness (QED) is 0.825. The molecule has 2 saturated heterocycles. The van der Waals surface area contributed by atoms with Crippen LogP contribution in [0, 0.1) is 5.92 Å². The first kappa shape index (κ1) is 20.0. The number of likely N-dealkylation sites (tertiary alicyclic amines) is 2. The maximum Gasteiger partial charge on any atom is 0.387 e. The van der Waals surface area contributed by atoms with Gasteiger partial charge in [0, 0.05) is 19.6 Å². The lowest BCUT2D eigenvalue weighted by molar-refractivity contribution is -0.150. The molecule has 28 heavy (non-hydrogen) atoms. The highest BCUT2D eigenvalue weighted by molar-refractivity contribution is 5.97. The molecule has 2 heterocycles. The van der Waals surface area contributed by atoms with Crippen LogP contribution in [0.25, 0.3) is 0 Å². The zero-order chi connectivity index (χ0) is 20.3. The number of alkyl halides is 2. The van der Waals surface area contributed by atoms with E-state index in [-0.39, 0.29) is 23.8 Å². The fourth-order valence-electron chi connectivity index (χ4n) is 3.90. The third-order valence-corrected chi connectivity index (χ3v) is 5.21. The molecule has 1 aromatic carbocycles. The molecule has 9 heteroatoms. The first-order valence-corrected chi connectivity index (χ1v) is 9.25. The zero-order valence-corrected chi connectivity index (χ0v) is 15.2. The lowest BCUT2D eigenvalue weighted by atomic mass is 9.95. The molecule has 2 aliphatic heterocycles. The molecule has 2 atom stereocenters. The molecule has 0 saturated carbocycles. The number of hydrogen-bond donors (Lipinski definition) is 1. The zero-order valence-electron chi connectivity index (χ0n) is 15.2. The number of piperidine rings is 1. The second-order valence-electron chi connectivity index (χ2n) is 6.99. The summed E-state index contributed by atoms with van der Waals surface area (Å²) in [7, 11) is 0. The van der Waals surface area contributed by atoms with Gasteiger partial charge in [-0.2, -0.15) is 8.78 Å². The van der Waals surface area contributed by atoms with Crippen LogP contribution in [0.1, 0.15) is 36.0 Å². The SMILES string of the molecule is O=C(O)[C@H]1CCCN1C(=O)C1CCCN(C(=O)c2ccccc2OC(F)F)C1. The van der Waals surface area contributed by atoms with E-state index in [0.717, 1.165) is 0 Å². The Morgan fingerprint density at radius 2 is 1.82 bits per heavy atom. The summed E-state index contributed by atoms with van der Waals surface area (Å²) in [6, 6.07) is 4.94. The second-order valence-corrected chi connectivity index (χ2v) is 6.99. The Hall–Kier alpha value is -2.71. The molecule has 2 aliphatic rings. The van der Waals surface area contributed by atoms with E-state index in [4.69, 9.17) is 0 Å². The summed E-state index contributed by atoms with van der Waals surface area (Å²) >= 11 is 0. The summed E-state index contributed by atoms with van der Waals surface area (Å²) < 4.78 is 29.6. The average Bonchev–Trinajstić information content (AvgIpc) is 3.17. The van der Waals surface area contributed by atoms with E-state index < -0.39 is 30.4 Å². The molecule has 2 fully saturated rings. The van der Waals surface area contributed by atoms with Crippen molar-refractivity contribution in [2.45, 2.75) is 38.3 Å². The average molecular weight is 396 g/mol. The molecule has 2 amide bonds. The van der Waals surface area contributed by atoms with E-state index in [1.54, 1.807) is 6.07 Å². The molecular weight excluding hydrogens is 374 g/mol. The van der Waals surface area contributed by atoms with Crippen molar-refractivity contribution in [1.82, 2.24) is 9.80 Å². The molecule has 7 nitrogen and oxygen atoms in total. The summed E-state index contributed by atoms with van der Waals surface area (Å²) in [5.41, 5.74) is 0.0143. The van der Waals surface area contributed by atoms with Gasteiger partial charge in [-0.25, -0.2) is 4.79 Å². The van der Waals surface area contributed by atoms with Crippen LogP contribution in [-0.4, -0.2) is 65.0 Å². The van der Waals surface area contributed by atoms with Crippen molar-refractivity contribution < 1.29 is 33.0 Å². The number of hydrogen-bond acceptors (Lipinski definition) is 4. The van der Waals surface area contributed by atoms with Gasteiger partial charge in [0.25, 0.3) is 5.91 Å². The largest absolute Gasteiger partial charge is 0.480 e. The Labute approximate surface area is 160 Å². The van der Waals surface area contributed by atoms with Crippen LogP contribution in [-0.2, 0) is 9.59 Å². The van der Waals surface area contributed by atoms with Gasteiger partial charge in [0.15, 0.2) is 0 Å². The molecular formula is C19H22F2N2O5. The Bertz CT molecular complexity index is 758. The van der Waals surface area contributed by atoms with Crippen molar-refractivity contribution in [3.63, 3.8) is 0 Å². The van der Waals surface area contributed by atoms with E-state index in [1.807, 2.05) is 0 Å². The van der Waals surface area contributed by atoms with Crippen molar-refractivity contribution in [1.29, 1.82) is 0 Å². The maximum atomic E-state index is 12.8. The number of rotatable bonds is 5. The number of halogens is 2. The standard InChI is InChI=1S/C19H22F2N2O5/c20-19(21)28-15-8-2-1-6-13(15)17(25)22-9-3-5-12(11-22)16(24)23-10-4-7-14(23)18(26)27/h1-2,6,8,12,14,19H,3-5,7,9-11H2,(H,26,27)/t12?,14-/m1/s1. The maximum absolute atomic E-state index is 12.8. The molecule has 1 unspecified atom stereocenters. The third-order valence-electron chi connectivity index (χ3n) is 5.21. The van der Waals surface area contributed by atoms with Crippen molar-refractivity contribution in [3.05, 3.63) is 29.8 Å². The van der Waals surface area contributed by atoms with Gasteiger partial charge in [0.05, 0.1) is 11.5 Å². The number of carboxylic acids is 1. The van der Waals surface area contributed by atoms with Crippen molar-refractivity contribution in [2.75, 3.05) is 19.6 Å². The van der Waals surface area contributed by atoms with Crippen LogP contribution in [0.4, 0.5) is 8.78 Å². The lowest BCUT2D eigenvalue weighted by Gasteiger charge is -2.35. The predicted octanol–water partition coefficient (Wildman–Crippen LogP) is 2.22. The van der Waals surface area contributed by atoms with E-state index in [2.05, 4.69) is 4.74 Å². The molecule has 0 aromatic heterocycles. The third kappa shape index (κ3) is 4.23. The Morgan fingerprint density at radius 1 is 1.11 bits per heavy atom. The summed E-state index contributed by atoms with van der Waals surface area (Å²) in [4.78, 5) is 39.9. The number of carbonyl (C=O) groups is 3. The van der Waals surface area contributed by atoms with Gasteiger partial charge in [-0.1, -0.05) is 12.1 Å².